The summed E-state index contributed by atoms with van der Waals surface area (Å²) < 4.78 is 12.7. The molecule has 0 bridgehead atoms. The number of alkyl halides is 1. The first-order chi connectivity index (χ1) is 5.25. The zero-order valence-corrected chi connectivity index (χ0v) is 6.35. The number of hydrogen-bond donors (Lipinski definition) is 0. The molecular formula is C8H5ClFN. The number of nitrogens with zero attached hydrogens (tertiary/aromatic N) is 1. The van der Waals surface area contributed by atoms with Crippen molar-refractivity contribution < 1.29 is 4.39 Å². The van der Waals surface area contributed by atoms with Crippen LogP contribution >= 0.6 is 11.6 Å². The molecule has 0 aliphatic rings. The van der Waals surface area contributed by atoms with Crippen LogP contribution in [-0.2, 0) is 0 Å². The summed E-state index contributed by atoms with van der Waals surface area (Å²) >= 11 is 5.61. The Morgan fingerprint density at radius 3 is 2.64 bits per heavy atom. The molecule has 0 heterocycles. The minimum atomic E-state index is -1.62. The summed E-state index contributed by atoms with van der Waals surface area (Å²) in [7, 11) is 0. The summed E-state index contributed by atoms with van der Waals surface area (Å²) in [4.78, 5) is 0. The van der Waals surface area contributed by atoms with Gasteiger partial charge in [0.25, 0.3) is 0 Å². The molecule has 3 heteroatoms. The molecule has 1 nitrogen and oxygen atoms in total. The summed E-state index contributed by atoms with van der Waals surface area (Å²) in [5.41, 5.74) is 0.233. The van der Waals surface area contributed by atoms with E-state index in [-0.39, 0.29) is 5.56 Å². The fraction of sp³-hybridized carbons (Fsp3) is 0.125. The minimum absolute atomic E-state index is 0.233. The zero-order valence-electron chi connectivity index (χ0n) is 5.59. The Morgan fingerprint density at radius 1 is 1.45 bits per heavy atom. The normalized spacial score (nSPS) is 12.1. The zero-order chi connectivity index (χ0) is 8.27. The smallest absolute Gasteiger partial charge is 0.212 e. The first kappa shape index (κ1) is 8.03. The van der Waals surface area contributed by atoms with Crippen LogP contribution in [0.5, 0.6) is 0 Å². The van der Waals surface area contributed by atoms with E-state index < -0.39 is 6.17 Å². The maximum Gasteiger partial charge on any atom is 0.212 e. The van der Waals surface area contributed by atoms with Gasteiger partial charge in [0.15, 0.2) is 0 Å². The second kappa shape index (κ2) is 3.36. The second-order valence-electron chi connectivity index (χ2n) is 2.01. The highest BCUT2D eigenvalue weighted by atomic mass is 35.5. The molecule has 1 aromatic carbocycles. The number of rotatable bonds is 1. The van der Waals surface area contributed by atoms with E-state index in [4.69, 9.17) is 16.9 Å². The first-order valence-corrected chi connectivity index (χ1v) is 3.41. The van der Waals surface area contributed by atoms with E-state index in [9.17, 15) is 4.39 Å². The van der Waals surface area contributed by atoms with Gasteiger partial charge in [0.05, 0.1) is 0 Å². The third-order valence-electron chi connectivity index (χ3n) is 1.29. The molecule has 0 fully saturated rings. The molecule has 0 aliphatic heterocycles. The highest BCUT2D eigenvalue weighted by Crippen LogP contribution is 2.24. The van der Waals surface area contributed by atoms with Gasteiger partial charge in [0.1, 0.15) is 6.07 Å². The molecule has 1 rings (SSSR count). The van der Waals surface area contributed by atoms with Crippen LogP contribution in [0, 0.1) is 11.3 Å². The molecule has 0 spiro atoms. The van der Waals surface area contributed by atoms with Gasteiger partial charge in [-0.05, 0) is 6.07 Å². The van der Waals surface area contributed by atoms with E-state index in [0.29, 0.717) is 5.02 Å². The van der Waals surface area contributed by atoms with E-state index in [1.807, 2.05) is 0 Å². The summed E-state index contributed by atoms with van der Waals surface area (Å²) in [5, 5.41) is 8.52. The van der Waals surface area contributed by atoms with E-state index in [1.165, 1.54) is 12.1 Å². The lowest BCUT2D eigenvalue weighted by Gasteiger charge is -2.00. The Hall–Kier alpha value is -1.07. The van der Waals surface area contributed by atoms with Gasteiger partial charge in [-0.2, -0.15) is 5.26 Å². The number of hydrogen-bond acceptors (Lipinski definition) is 1. The molecule has 56 valence electrons. The maximum absolute atomic E-state index is 12.7. The third kappa shape index (κ3) is 1.69. The molecule has 1 aromatic rings. The standard InChI is InChI=1S/C8H5ClFN/c9-7-4-2-1-3-6(7)8(10)5-11/h1-4,8H/t8-/m0/s1. The molecule has 0 amide bonds. The Morgan fingerprint density at radius 2 is 2.09 bits per heavy atom. The van der Waals surface area contributed by atoms with Gasteiger partial charge >= 0.3 is 0 Å². The van der Waals surface area contributed by atoms with Gasteiger partial charge < -0.3 is 0 Å². The second-order valence-corrected chi connectivity index (χ2v) is 2.42. The van der Waals surface area contributed by atoms with Gasteiger partial charge in [0.2, 0.25) is 6.17 Å². The van der Waals surface area contributed by atoms with Crippen molar-refractivity contribution in [3.63, 3.8) is 0 Å². The predicted octanol–water partition coefficient (Wildman–Crippen LogP) is 2.87. The minimum Gasteiger partial charge on any atom is -0.226 e. The van der Waals surface area contributed by atoms with Gasteiger partial charge in [-0.15, -0.1) is 0 Å². The largest absolute Gasteiger partial charge is 0.226 e. The van der Waals surface area contributed by atoms with Crippen molar-refractivity contribution in [2.24, 2.45) is 0 Å². The Balaban J connectivity index is 3.05. The fourth-order valence-electron chi connectivity index (χ4n) is 0.750. The fourth-order valence-corrected chi connectivity index (χ4v) is 0.982. The van der Waals surface area contributed by atoms with E-state index in [2.05, 4.69) is 0 Å². The third-order valence-corrected chi connectivity index (χ3v) is 1.64. The van der Waals surface area contributed by atoms with E-state index >= 15 is 0 Å². The van der Waals surface area contributed by atoms with E-state index in [0.717, 1.165) is 0 Å². The van der Waals surface area contributed by atoms with Crippen LogP contribution < -0.4 is 0 Å². The SMILES string of the molecule is N#C[C@H](F)c1ccccc1Cl. The first-order valence-electron chi connectivity index (χ1n) is 3.04. The molecule has 1 atom stereocenters. The molecule has 0 unspecified atom stereocenters. The van der Waals surface area contributed by atoms with E-state index in [1.54, 1.807) is 18.2 Å². The average Bonchev–Trinajstić information content (AvgIpc) is 2.04. The number of nitriles is 1. The van der Waals surface area contributed by atoms with Crippen LogP contribution in [-0.4, -0.2) is 0 Å². The molecule has 11 heavy (non-hydrogen) atoms. The van der Waals surface area contributed by atoms with Crippen LogP contribution in [0.1, 0.15) is 11.7 Å². The summed E-state index contributed by atoms with van der Waals surface area (Å²) in [6.45, 7) is 0. The van der Waals surface area contributed by atoms with Crippen molar-refractivity contribution in [2.75, 3.05) is 0 Å². The molecule has 0 N–H and O–H groups in total. The molecule has 0 saturated carbocycles. The quantitative estimate of drug-likeness (QED) is 0.634. The maximum atomic E-state index is 12.7. The van der Waals surface area contributed by atoms with Crippen molar-refractivity contribution in [3.05, 3.63) is 34.9 Å². The molecule has 0 radical (unpaired) electrons. The Bertz CT molecular complexity index is 292. The number of benzene rings is 1. The van der Waals surface area contributed by atoms with Crippen LogP contribution in [0.2, 0.25) is 5.02 Å². The monoisotopic (exact) mass is 169 g/mol. The van der Waals surface area contributed by atoms with Crippen molar-refractivity contribution in [1.82, 2.24) is 0 Å². The lowest BCUT2D eigenvalue weighted by atomic mass is 10.1. The van der Waals surface area contributed by atoms with Crippen molar-refractivity contribution in [3.8, 4) is 6.07 Å². The van der Waals surface area contributed by atoms with Gasteiger partial charge in [0, 0.05) is 10.6 Å². The summed E-state index contributed by atoms with van der Waals surface area (Å²) in [6, 6.07) is 7.86. The summed E-state index contributed by atoms with van der Waals surface area (Å²) in [5.74, 6) is 0. The molecular weight excluding hydrogens is 165 g/mol. The summed E-state index contributed by atoms with van der Waals surface area (Å²) in [6.07, 6.45) is -1.62. The Kier molecular flexibility index (Phi) is 2.45. The van der Waals surface area contributed by atoms with Crippen LogP contribution in [0.15, 0.2) is 24.3 Å². The van der Waals surface area contributed by atoms with Crippen molar-refractivity contribution in [2.45, 2.75) is 6.17 Å². The van der Waals surface area contributed by atoms with Gasteiger partial charge in [-0.3, -0.25) is 0 Å². The molecule has 0 aromatic heterocycles. The highest BCUT2D eigenvalue weighted by Gasteiger charge is 2.10. The number of halogens is 2. The molecule has 0 aliphatic carbocycles. The van der Waals surface area contributed by atoms with Crippen LogP contribution in [0.4, 0.5) is 4.39 Å². The van der Waals surface area contributed by atoms with Crippen molar-refractivity contribution in [1.29, 1.82) is 5.26 Å². The van der Waals surface area contributed by atoms with Crippen molar-refractivity contribution >= 4 is 11.6 Å². The Labute approximate surface area is 69.0 Å². The lowest BCUT2D eigenvalue weighted by Crippen LogP contribution is -1.87. The lowest BCUT2D eigenvalue weighted by molar-refractivity contribution is 0.424. The topological polar surface area (TPSA) is 23.8 Å². The van der Waals surface area contributed by atoms with Gasteiger partial charge in [-0.25, -0.2) is 4.39 Å². The van der Waals surface area contributed by atoms with Crippen LogP contribution in [0.3, 0.4) is 0 Å². The average molecular weight is 170 g/mol. The predicted molar refractivity (Wildman–Crippen MR) is 40.9 cm³/mol. The van der Waals surface area contributed by atoms with Gasteiger partial charge in [-0.1, -0.05) is 29.8 Å². The van der Waals surface area contributed by atoms with Crippen LogP contribution in [0.25, 0.3) is 0 Å². The molecule has 0 saturated heterocycles. The highest BCUT2D eigenvalue weighted by molar-refractivity contribution is 6.31.